The highest BCUT2D eigenvalue weighted by Gasteiger charge is 2.26. The van der Waals surface area contributed by atoms with Crippen LogP contribution in [0.1, 0.15) is 38.8 Å². The van der Waals surface area contributed by atoms with Gasteiger partial charge in [-0.3, -0.25) is 9.62 Å². The molecule has 1 heterocycles. The van der Waals surface area contributed by atoms with Crippen molar-refractivity contribution >= 4 is 32.9 Å². The van der Waals surface area contributed by atoms with Crippen LogP contribution in [0.5, 0.6) is 5.75 Å². The highest BCUT2D eigenvalue weighted by molar-refractivity contribution is 7.92. The Morgan fingerprint density at radius 2 is 1.72 bits per heavy atom. The van der Waals surface area contributed by atoms with E-state index in [1.807, 2.05) is 44.4 Å². The van der Waals surface area contributed by atoms with Gasteiger partial charge in [0.05, 0.1) is 11.6 Å². The Labute approximate surface area is 213 Å². The fraction of sp³-hybridized carbons (Fsp3) is 0.375. The van der Waals surface area contributed by atoms with Gasteiger partial charge in [0, 0.05) is 41.3 Å². The molecule has 0 bridgehead atoms. The molecule has 0 amide bonds. The number of hydrogen-bond donors (Lipinski definition) is 2. The van der Waals surface area contributed by atoms with Crippen molar-refractivity contribution in [1.29, 1.82) is 0 Å². The van der Waals surface area contributed by atoms with E-state index >= 15 is 0 Å². The summed E-state index contributed by atoms with van der Waals surface area (Å²) in [5, 5.41) is 4.20. The number of sulfonamides is 1. The fourth-order valence-electron chi connectivity index (χ4n) is 3.36. The molecule has 1 aromatic heterocycles. The maximum Gasteiger partial charge on any atom is 0.268 e. The molecule has 3 aromatic rings. The van der Waals surface area contributed by atoms with Gasteiger partial charge in [0.1, 0.15) is 23.2 Å². The molecule has 0 atom stereocenters. The van der Waals surface area contributed by atoms with Crippen LogP contribution in [-0.2, 0) is 23.1 Å². The fourth-order valence-corrected chi connectivity index (χ4v) is 5.04. The number of nitrogens with one attached hydrogen (secondary N) is 2. The third-order valence-electron chi connectivity index (χ3n) is 5.39. The predicted molar refractivity (Wildman–Crippen MR) is 135 cm³/mol. The van der Waals surface area contributed by atoms with Crippen molar-refractivity contribution in [3.05, 3.63) is 63.7 Å². The minimum absolute atomic E-state index is 0.0427. The van der Waals surface area contributed by atoms with E-state index in [4.69, 9.17) is 4.74 Å². The Morgan fingerprint density at radius 3 is 2.28 bits per heavy atom. The van der Waals surface area contributed by atoms with Crippen LogP contribution >= 0.6 is 11.3 Å². The van der Waals surface area contributed by atoms with Crippen LogP contribution < -0.4 is 14.8 Å². The lowest BCUT2D eigenvalue weighted by Gasteiger charge is -2.25. The summed E-state index contributed by atoms with van der Waals surface area (Å²) in [5.41, 5.74) is 2.23. The average molecular weight is 543 g/mol. The second-order valence-corrected chi connectivity index (χ2v) is 11.1. The van der Waals surface area contributed by atoms with Crippen molar-refractivity contribution in [2.45, 2.75) is 57.8 Å². The Bertz CT molecular complexity index is 1280. The van der Waals surface area contributed by atoms with E-state index < -0.39 is 32.4 Å². The van der Waals surface area contributed by atoms with Gasteiger partial charge >= 0.3 is 0 Å². The second kappa shape index (κ2) is 11.5. The third kappa shape index (κ3) is 6.68. The molecule has 0 saturated heterocycles. The molecule has 36 heavy (non-hydrogen) atoms. The van der Waals surface area contributed by atoms with Gasteiger partial charge in [0.25, 0.3) is 10.0 Å². The van der Waals surface area contributed by atoms with Crippen LogP contribution in [-0.4, -0.2) is 37.5 Å². The summed E-state index contributed by atoms with van der Waals surface area (Å²) in [4.78, 5) is 4.65. The first-order valence-electron chi connectivity index (χ1n) is 11.2. The zero-order valence-electron chi connectivity index (χ0n) is 20.6. The Morgan fingerprint density at radius 1 is 1.06 bits per heavy atom. The van der Waals surface area contributed by atoms with E-state index in [-0.39, 0.29) is 35.8 Å². The van der Waals surface area contributed by atoms with Gasteiger partial charge in [-0.05, 0) is 59.0 Å². The van der Waals surface area contributed by atoms with Crippen molar-refractivity contribution in [2.75, 3.05) is 17.1 Å². The van der Waals surface area contributed by atoms with Gasteiger partial charge in [-0.25, -0.2) is 26.6 Å². The van der Waals surface area contributed by atoms with Crippen molar-refractivity contribution in [3.8, 4) is 5.75 Å². The summed E-state index contributed by atoms with van der Waals surface area (Å²) >= 11 is 1.12. The van der Waals surface area contributed by atoms with Crippen LogP contribution in [0.3, 0.4) is 0 Å². The van der Waals surface area contributed by atoms with Crippen LogP contribution in [0.4, 0.5) is 24.7 Å². The number of benzene rings is 2. The first kappa shape index (κ1) is 27.8. The van der Waals surface area contributed by atoms with Gasteiger partial charge in [0.2, 0.25) is 0 Å². The van der Waals surface area contributed by atoms with E-state index in [2.05, 4.69) is 10.3 Å². The van der Waals surface area contributed by atoms with E-state index in [9.17, 15) is 21.6 Å². The summed E-state index contributed by atoms with van der Waals surface area (Å²) in [5.74, 6) is -2.62. The van der Waals surface area contributed by atoms with Crippen molar-refractivity contribution in [3.63, 3.8) is 0 Å². The lowest BCUT2D eigenvalue weighted by molar-refractivity contribution is 0.225. The zero-order valence-corrected chi connectivity index (χ0v) is 22.2. The maximum atomic E-state index is 14.9. The summed E-state index contributed by atoms with van der Waals surface area (Å²) < 4.78 is 77.4. The minimum atomic E-state index is -4.55. The largest absolute Gasteiger partial charge is 0.491 e. The Hall–Kier alpha value is -2.83. The standard InChI is InChI=1S/C24H29F3N4O3S2/c1-14(2)31(5)11-18-17(19(25)6-7-22(18)34-15(3)4)10-28-16-8-20(26)24(21(27)9-16)36(32,33)30-23-12-35-13-29-23/h6-9,12-15,28,30H,10-11H2,1-5H3. The molecule has 2 aromatic carbocycles. The lowest BCUT2D eigenvalue weighted by atomic mass is 10.0. The van der Waals surface area contributed by atoms with Crippen LogP contribution in [0, 0.1) is 17.5 Å². The van der Waals surface area contributed by atoms with Gasteiger partial charge in [-0.15, -0.1) is 11.3 Å². The topological polar surface area (TPSA) is 83.6 Å². The van der Waals surface area contributed by atoms with E-state index in [0.29, 0.717) is 17.9 Å². The molecule has 0 aliphatic rings. The summed E-state index contributed by atoms with van der Waals surface area (Å²) in [7, 11) is -2.65. The van der Waals surface area contributed by atoms with Crippen LogP contribution in [0.2, 0.25) is 0 Å². The molecule has 0 aliphatic heterocycles. The van der Waals surface area contributed by atoms with Crippen molar-refractivity contribution in [2.24, 2.45) is 0 Å². The maximum absolute atomic E-state index is 14.9. The van der Waals surface area contributed by atoms with Gasteiger partial charge in [0.15, 0.2) is 10.7 Å². The summed E-state index contributed by atoms with van der Waals surface area (Å²) in [6.07, 6.45) is -0.144. The first-order valence-corrected chi connectivity index (χ1v) is 13.6. The molecule has 196 valence electrons. The van der Waals surface area contributed by atoms with Crippen molar-refractivity contribution in [1.82, 2.24) is 9.88 Å². The minimum Gasteiger partial charge on any atom is -0.491 e. The highest BCUT2D eigenvalue weighted by atomic mass is 32.2. The molecule has 0 radical (unpaired) electrons. The Kier molecular flexibility index (Phi) is 8.85. The third-order valence-corrected chi connectivity index (χ3v) is 7.38. The second-order valence-electron chi connectivity index (χ2n) is 8.78. The van der Waals surface area contributed by atoms with Gasteiger partial charge < -0.3 is 10.1 Å². The molecule has 0 saturated carbocycles. The molecule has 12 heteroatoms. The normalized spacial score (nSPS) is 12.0. The van der Waals surface area contributed by atoms with E-state index in [0.717, 1.165) is 23.5 Å². The number of hydrogen-bond acceptors (Lipinski definition) is 7. The lowest BCUT2D eigenvalue weighted by Crippen LogP contribution is -2.27. The first-order chi connectivity index (χ1) is 16.9. The summed E-state index contributed by atoms with van der Waals surface area (Å²) in [6, 6.07) is 4.73. The molecular weight excluding hydrogens is 513 g/mol. The number of thiazole rings is 1. The summed E-state index contributed by atoms with van der Waals surface area (Å²) in [6.45, 7) is 8.01. The zero-order chi connectivity index (χ0) is 26.6. The molecule has 0 fully saturated rings. The number of nitrogens with zero attached hydrogens (tertiary/aromatic N) is 2. The van der Waals surface area contributed by atoms with E-state index in [1.54, 1.807) is 6.07 Å². The monoisotopic (exact) mass is 542 g/mol. The number of ether oxygens (including phenoxy) is 1. The molecule has 0 spiro atoms. The molecule has 3 rings (SSSR count). The number of anilines is 2. The van der Waals surface area contributed by atoms with E-state index in [1.165, 1.54) is 17.0 Å². The Balaban J connectivity index is 1.90. The average Bonchev–Trinajstić information content (AvgIpc) is 3.26. The highest BCUT2D eigenvalue weighted by Crippen LogP contribution is 2.30. The van der Waals surface area contributed by atoms with Gasteiger partial charge in [-0.2, -0.15) is 0 Å². The molecule has 2 N–H and O–H groups in total. The number of halogens is 3. The number of aromatic nitrogens is 1. The number of rotatable bonds is 11. The van der Waals surface area contributed by atoms with Crippen molar-refractivity contribution < 1.29 is 26.3 Å². The van der Waals surface area contributed by atoms with Crippen LogP contribution in [0.15, 0.2) is 40.1 Å². The predicted octanol–water partition coefficient (Wildman–Crippen LogP) is 5.60. The SMILES string of the molecule is CC(C)Oc1ccc(F)c(CNc2cc(F)c(S(=O)(=O)Nc3cscn3)c(F)c2)c1CN(C)C(C)C. The molecule has 0 unspecified atom stereocenters. The van der Waals surface area contributed by atoms with Gasteiger partial charge in [-0.1, -0.05) is 0 Å². The van der Waals surface area contributed by atoms with Crippen LogP contribution in [0.25, 0.3) is 0 Å². The quantitative estimate of drug-likeness (QED) is 0.328. The molecular formula is C24H29F3N4O3S2. The smallest absolute Gasteiger partial charge is 0.268 e. The molecule has 7 nitrogen and oxygen atoms in total. The molecule has 0 aliphatic carbocycles.